The summed E-state index contributed by atoms with van der Waals surface area (Å²) in [7, 11) is 0. The van der Waals surface area contributed by atoms with Crippen LogP contribution in [0.25, 0.3) is 21.1 Å². The highest BCUT2D eigenvalue weighted by molar-refractivity contribution is 7.18. The number of aromatic amines is 1. The van der Waals surface area contributed by atoms with E-state index in [9.17, 15) is 9.59 Å². The molecule has 0 bridgehead atoms. The summed E-state index contributed by atoms with van der Waals surface area (Å²) in [6.45, 7) is 8.97. The number of nitrogens with one attached hydrogen (secondary N) is 1. The lowest BCUT2D eigenvalue weighted by Crippen LogP contribution is -2.51. The third-order valence-corrected chi connectivity index (χ3v) is 6.85. The van der Waals surface area contributed by atoms with E-state index >= 15 is 4.39 Å². The number of halogens is 3. The monoisotopic (exact) mass is 570 g/mol. The molecule has 3 aromatic rings. The summed E-state index contributed by atoms with van der Waals surface area (Å²) < 4.78 is 32.0. The van der Waals surface area contributed by atoms with Crippen molar-refractivity contribution in [3.8, 4) is 26.9 Å². The first-order chi connectivity index (χ1) is 17.2. The minimum absolute atomic E-state index is 0.0401. The minimum atomic E-state index is -0.917. The van der Waals surface area contributed by atoms with Gasteiger partial charge in [0, 0.05) is 23.3 Å². The van der Waals surface area contributed by atoms with Crippen LogP contribution in [0, 0.1) is 5.82 Å². The molecular formula is C24H25Cl2FN4O5S. The highest BCUT2D eigenvalue weighted by Gasteiger charge is 2.46. The minimum Gasteiger partial charge on any atom is -0.488 e. The molecule has 2 aromatic heterocycles. The van der Waals surface area contributed by atoms with Gasteiger partial charge in [-0.15, -0.1) is 10.2 Å². The number of nitrogens with zero attached hydrogens (tertiary/aromatic N) is 3. The van der Waals surface area contributed by atoms with E-state index in [2.05, 4.69) is 15.2 Å². The SMILES string of the molecule is CC(C)(C)OC(=O)N1C(COc2cc(Cl)c(-c3nnc(-c4cc(Cl)[nH]c(=O)c4)s3)cc2F)COC1(C)C. The molecule has 9 nitrogen and oxygen atoms in total. The second-order valence-electron chi connectivity index (χ2n) is 9.83. The molecular weight excluding hydrogens is 546 g/mol. The Morgan fingerprint density at radius 3 is 2.62 bits per heavy atom. The zero-order chi connectivity index (χ0) is 27.1. The molecule has 1 amide bonds. The molecule has 0 radical (unpaired) electrons. The summed E-state index contributed by atoms with van der Waals surface area (Å²) in [6.07, 6.45) is -0.550. The van der Waals surface area contributed by atoms with Crippen molar-refractivity contribution in [3.63, 3.8) is 0 Å². The highest BCUT2D eigenvalue weighted by Crippen LogP contribution is 2.37. The Balaban J connectivity index is 1.51. The Morgan fingerprint density at radius 2 is 1.95 bits per heavy atom. The van der Waals surface area contributed by atoms with Crippen LogP contribution in [0.4, 0.5) is 9.18 Å². The number of rotatable bonds is 5. The average molecular weight is 571 g/mol. The van der Waals surface area contributed by atoms with Crippen molar-refractivity contribution in [3.05, 3.63) is 50.6 Å². The average Bonchev–Trinajstić information content (AvgIpc) is 3.36. The Morgan fingerprint density at radius 1 is 1.24 bits per heavy atom. The lowest BCUT2D eigenvalue weighted by atomic mass is 10.2. The number of ether oxygens (including phenoxy) is 3. The van der Waals surface area contributed by atoms with Crippen LogP contribution in [-0.4, -0.2) is 56.8 Å². The van der Waals surface area contributed by atoms with Crippen molar-refractivity contribution in [1.29, 1.82) is 0 Å². The summed E-state index contributed by atoms with van der Waals surface area (Å²) in [5.74, 6) is -0.758. The van der Waals surface area contributed by atoms with Crippen molar-refractivity contribution in [2.24, 2.45) is 0 Å². The molecule has 198 valence electrons. The van der Waals surface area contributed by atoms with Gasteiger partial charge in [0.2, 0.25) is 5.56 Å². The van der Waals surface area contributed by atoms with Crippen LogP contribution in [0.5, 0.6) is 5.75 Å². The Labute approximate surface area is 226 Å². The summed E-state index contributed by atoms with van der Waals surface area (Å²) in [6, 6.07) is 4.92. The first kappa shape index (κ1) is 27.3. The molecule has 1 aliphatic rings. The maximum Gasteiger partial charge on any atom is 0.413 e. The van der Waals surface area contributed by atoms with Gasteiger partial charge in [0.15, 0.2) is 11.6 Å². The zero-order valence-electron chi connectivity index (χ0n) is 20.7. The van der Waals surface area contributed by atoms with Gasteiger partial charge < -0.3 is 19.2 Å². The van der Waals surface area contributed by atoms with Gasteiger partial charge in [-0.05, 0) is 46.8 Å². The molecule has 1 aliphatic heterocycles. The van der Waals surface area contributed by atoms with Crippen LogP contribution in [-0.2, 0) is 9.47 Å². The Kier molecular flexibility index (Phi) is 7.53. The van der Waals surface area contributed by atoms with Crippen molar-refractivity contribution in [2.75, 3.05) is 13.2 Å². The van der Waals surface area contributed by atoms with Crippen LogP contribution in [0.1, 0.15) is 34.6 Å². The molecule has 4 rings (SSSR count). The smallest absolute Gasteiger partial charge is 0.413 e. The van der Waals surface area contributed by atoms with Crippen molar-refractivity contribution < 1.29 is 23.4 Å². The molecule has 1 aromatic carbocycles. The van der Waals surface area contributed by atoms with E-state index in [0.29, 0.717) is 21.1 Å². The summed E-state index contributed by atoms with van der Waals surface area (Å²) in [5, 5.41) is 9.28. The van der Waals surface area contributed by atoms with Gasteiger partial charge in [0.05, 0.1) is 17.7 Å². The Hall–Kier alpha value is -2.73. The van der Waals surface area contributed by atoms with Crippen LogP contribution < -0.4 is 10.3 Å². The zero-order valence-corrected chi connectivity index (χ0v) is 23.1. The number of amides is 1. The third-order valence-electron chi connectivity index (χ3n) is 5.33. The molecule has 1 N–H and O–H groups in total. The molecule has 0 spiro atoms. The predicted octanol–water partition coefficient (Wildman–Crippen LogP) is 5.76. The molecule has 1 atom stereocenters. The van der Waals surface area contributed by atoms with Gasteiger partial charge >= 0.3 is 6.09 Å². The van der Waals surface area contributed by atoms with Crippen molar-refractivity contribution in [2.45, 2.75) is 52.0 Å². The molecule has 1 unspecified atom stereocenters. The highest BCUT2D eigenvalue weighted by atomic mass is 35.5. The second kappa shape index (κ2) is 10.2. The van der Waals surface area contributed by atoms with E-state index in [-0.39, 0.29) is 34.7 Å². The summed E-state index contributed by atoms with van der Waals surface area (Å²) >= 11 is 13.5. The van der Waals surface area contributed by atoms with Crippen LogP contribution >= 0.6 is 34.5 Å². The predicted molar refractivity (Wildman–Crippen MR) is 139 cm³/mol. The van der Waals surface area contributed by atoms with E-state index in [1.807, 2.05) is 0 Å². The molecule has 1 fully saturated rings. The maximum atomic E-state index is 15.0. The normalized spacial score (nSPS) is 17.2. The quantitative estimate of drug-likeness (QED) is 0.389. The van der Waals surface area contributed by atoms with Gasteiger partial charge in [-0.2, -0.15) is 0 Å². The van der Waals surface area contributed by atoms with Gasteiger partial charge in [0.25, 0.3) is 0 Å². The molecule has 13 heteroatoms. The summed E-state index contributed by atoms with van der Waals surface area (Å²) in [4.78, 5) is 28.4. The van der Waals surface area contributed by atoms with Gasteiger partial charge in [-0.3, -0.25) is 9.69 Å². The van der Waals surface area contributed by atoms with Gasteiger partial charge in [-0.25, -0.2) is 9.18 Å². The number of carbonyl (C=O) groups is 1. The topological polar surface area (TPSA) is 107 Å². The third kappa shape index (κ3) is 6.23. The summed E-state index contributed by atoms with van der Waals surface area (Å²) in [5.41, 5.74) is -1.20. The number of H-pyrrole nitrogens is 1. The fourth-order valence-electron chi connectivity index (χ4n) is 3.76. The van der Waals surface area contributed by atoms with E-state index in [1.54, 1.807) is 40.7 Å². The fraction of sp³-hybridized carbons (Fsp3) is 0.417. The molecule has 3 heterocycles. The fourth-order valence-corrected chi connectivity index (χ4v) is 5.13. The molecule has 0 aliphatic carbocycles. The van der Waals surface area contributed by atoms with E-state index in [0.717, 1.165) is 11.3 Å². The lowest BCUT2D eigenvalue weighted by Gasteiger charge is -2.35. The van der Waals surface area contributed by atoms with Gasteiger partial charge in [-0.1, -0.05) is 34.5 Å². The number of hydrogen-bond donors (Lipinski definition) is 1. The number of carbonyl (C=O) groups excluding carboxylic acids is 1. The van der Waals surface area contributed by atoms with Crippen LogP contribution in [0.2, 0.25) is 10.2 Å². The van der Waals surface area contributed by atoms with Crippen LogP contribution in [0.3, 0.4) is 0 Å². The number of benzene rings is 1. The van der Waals surface area contributed by atoms with E-state index < -0.39 is 29.3 Å². The largest absolute Gasteiger partial charge is 0.488 e. The second-order valence-corrected chi connectivity index (χ2v) is 11.6. The molecule has 0 saturated carbocycles. The van der Waals surface area contributed by atoms with Gasteiger partial charge in [0.1, 0.15) is 33.1 Å². The lowest BCUT2D eigenvalue weighted by molar-refractivity contribution is -0.0637. The molecule has 37 heavy (non-hydrogen) atoms. The maximum absolute atomic E-state index is 15.0. The van der Waals surface area contributed by atoms with Crippen LogP contribution in [0.15, 0.2) is 29.1 Å². The van der Waals surface area contributed by atoms with E-state index in [1.165, 1.54) is 23.1 Å². The standard InChI is InChI=1S/C24H25Cl2FN4O5S/c1-23(2,3)36-22(33)31-13(11-35-24(31,4)5)10-34-17-9-15(25)14(8-16(17)27)21-30-29-20(37-21)12-6-18(26)28-19(32)7-12/h6-9,13H,10-11H2,1-5H3,(H,28,32). The Bertz CT molecular complexity index is 1390. The van der Waals surface area contributed by atoms with Crippen molar-refractivity contribution in [1.82, 2.24) is 20.1 Å². The first-order valence-electron chi connectivity index (χ1n) is 11.3. The van der Waals surface area contributed by atoms with Crippen molar-refractivity contribution >= 4 is 40.6 Å². The number of aromatic nitrogens is 3. The number of pyridine rings is 1. The number of hydrogen-bond acceptors (Lipinski definition) is 8. The molecule has 1 saturated heterocycles. The first-order valence-corrected chi connectivity index (χ1v) is 12.8. The van der Waals surface area contributed by atoms with E-state index in [4.69, 9.17) is 37.4 Å².